The Bertz CT molecular complexity index is 996. The van der Waals surface area contributed by atoms with E-state index in [0.29, 0.717) is 19.3 Å². The average molecular weight is 785 g/mol. The summed E-state index contributed by atoms with van der Waals surface area (Å²) in [6, 6.07) is 0. The van der Waals surface area contributed by atoms with E-state index in [-0.39, 0.29) is 31.1 Å². The Kier molecular flexibility index (Phi) is 43.0. The van der Waals surface area contributed by atoms with Crippen molar-refractivity contribution in [3.8, 4) is 0 Å². The van der Waals surface area contributed by atoms with Crippen LogP contribution in [0.25, 0.3) is 0 Å². The maximum atomic E-state index is 12.7. The van der Waals surface area contributed by atoms with Crippen molar-refractivity contribution in [2.75, 3.05) is 13.2 Å². The van der Waals surface area contributed by atoms with Gasteiger partial charge in [-0.25, -0.2) is 0 Å². The first-order chi connectivity index (χ1) is 27.5. The molecule has 0 saturated carbocycles. The quantitative estimate of drug-likeness (QED) is 0.0265. The lowest BCUT2D eigenvalue weighted by Crippen LogP contribution is -2.30. The van der Waals surface area contributed by atoms with Crippen molar-refractivity contribution in [1.82, 2.24) is 0 Å². The van der Waals surface area contributed by atoms with Crippen LogP contribution >= 0.6 is 0 Å². The number of hydrogen-bond acceptors (Lipinski definition) is 6. The van der Waals surface area contributed by atoms with Crippen molar-refractivity contribution in [2.45, 2.75) is 239 Å². The Morgan fingerprint density at radius 1 is 0.375 bits per heavy atom. The smallest absolute Gasteiger partial charge is 0.306 e. The van der Waals surface area contributed by atoms with Gasteiger partial charge in [-0.1, -0.05) is 185 Å². The van der Waals surface area contributed by atoms with Gasteiger partial charge in [0.05, 0.1) is 0 Å². The molecule has 0 aromatic rings. The molecule has 0 aromatic carbocycles. The van der Waals surface area contributed by atoms with Crippen LogP contribution in [0.2, 0.25) is 0 Å². The first-order valence-electron chi connectivity index (χ1n) is 23.6. The molecule has 0 aliphatic heterocycles. The summed E-state index contributed by atoms with van der Waals surface area (Å²) in [4.78, 5) is 37.7. The van der Waals surface area contributed by atoms with E-state index in [1.165, 1.54) is 109 Å². The molecule has 0 rings (SSSR count). The second-order valence-corrected chi connectivity index (χ2v) is 15.6. The third kappa shape index (κ3) is 42.5. The van der Waals surface area contributed by atoms with Crippen LogP contribution in [0.3, 0.4) is 0 Å². The van der Waals surface area contributed by atoms with Gasteiger partial charge in [0.15, 0.2) is 6.10 Å². The van der Waals surface area contributed by atoms with E-state index < -0.39 is 6.10 Å². The molecule has 6 nitrogen and oxygen atoms in total. The van der Waals surface area contributed by atoms with Crippen LogP contribution in [0.5, 0.6) is 0 Å². The fourth-order valence-electron chi connectivity index (χ4n) is 6.51. The molecule has 0 fully saturated rings. The van der Waals surface area contributed by atoms with E-state index in [9.17, 15) is 14.4 Å². The molecule has 0 saturated heterocycles. The first kappa shape index (κ1) is 53.4. The highest BCUT2D eigenvalue weighted by molar-refractivity contribution is 5.71. The Morgan fingerprint density at radius 2 is 0.696 bits per heavy atom. The Morgan fingerprint density at radius 3 is 1.14 bits per heavy atom. The molecule has 56 heavy (non-hydrogen) atoms. The van der Waals surface area contributed by atoms with Crippen molar-refractivity contribution < 1.29 is 28.6 Å². The molecule has 1 unspecified atom stereocenters. The van der Waals surface area contributed by atoms with Crippen LogP contribution in [0.4, 0.5) is 0 Å². The third-order valence-corrected chi connectivity index (χ3v) is 10.1. The minimum absolute atomic E-state index is 0.0860. The van der Waals surface area contributed by atoms with Crippen LogP contribution < -0.4 is 0 Å². The summed E-state index contributed by atoms with van der Waals surface area (Å²) in [5, 5.41) is 0. The summed E-state index contributed by atoms with van der Waals surface area (Å²) in [6.07, 6.45) is 52.4. The number of esters is 3. The van der Waals surface area contributed by atoms with Crippen molar-refractivity contribution in [2.24, 2.45) is 0 Å². The van der Waals surface area contributed by atoms with Gasteiger partial charge in [0.2, 0.25) is 0 Å². The molecule has 0 N–H and O–H groups in total. The molecule has 6 heteroatoms. The van der Waals surface area contributed by atoms with E-state index in [4.69, 9.17) is 14.2 Å². The maximum Gasteiger partial charge on any atom is 0.306 e. The minimum Gasteiger partial charge on any atom is -0.462 e. The Hall–Kier alpha value is -2.63. The van der Waals surface area contributed by atoms with Gasteiger partial charge in [0.1, 0.15) is 13.2 Å². The van der Waals surface area contributed by atoms with E-state index in [2.05, 4.69) is 69.4 Å². The average Bonchev–Trinajstić information content (AvgIpc) is 3.19. The summed E-state index contributed by atoms with van der Waals surface area (Å²) >= 11 is 0. The zero-order chi connectivity index (χ0) is 40.8. The standard InChI is InChI=1S/C50H88O6/c1-4-7-10-13-16-19-21-23-24-25-26-27-29-31-34-37-40-43-49(52)55-46-47(45-54-48(51)42-39-36-33-30-18-15-12-9-6-3)56-50(53)44-41-38-35-32-28-22-20-17-14-11-8-5-2/h9,12,16,18-19,23-24,30,47H,4-8,10-11,13-15,17,20-22,25-29,31-46H2,1-3H3/b12-9-,19-16-,24-23-,30-18-. The van der Waals surface area contributed by atoms with Crippen molar-refractivity contribution >= 4 is 17.9 Å². The van der Waals surface area contributed by atoms with Crippen LogP contribution in [0, 0.1) is 0 Å². The highest BCUT2D eigenvalue weighted by atomic mass is 16.6. The Labute approximate surface area is 346 Å². The van der Waals surface area contributed by atoms with Crippen LogP contribution in [-0.2, 0) is 28.6 Å². The van der Waals surface area contributed by atoms with Crippen molar-refractivity contribution in [1.29, 1.82) is 0 Å². The maximum absolute atomic E-state index is 12.7. The fraction of sp³-hybridized carbons (Fsp3) is 0.780. The normalized spacial score (nSPS) is 12.4. The SMILES string of the molecule is CC/C=C\C/C=C\CCCCC(=O)OCC(COC(=O)CCCCCCCCC/C=C\C/C=C\CCCCC)OC(=O)CCCCCCCCCCCCCC. The molecule has 0 bridgehead atoms. The number of ether oxygens (including phenoxy) is 3. The number of unbranched alkanes of at least 4 members (excludes halogenated alkanes) is 23. The molecule has 0 aliphatic carbocycles. The predicted molar refractivity (Wildman–Crippen MR) is 238 cm³/mol. The number of carbonyl (C=O) groups is 3. The summed E-state index contributed by atoms with van der Waals surface area (Å²) in [7, 11) is 0. The predicted octanol–water partition coefficient (Wildman–Crippen LogP) is 15.1. The van der Waals surface area contributed by atoms with Gasteiger partial charge in [-0.2, -0.15) is 0 Å². The van der Waals surface area contributed by atoms with E-state index in [0.717, 1.165) is 83.5 Å². The van der Waals surface area contributed by atoms with E-state index in [1.54, 1.807) is 0 Å². The van der Waals surface area contributed by atoms with Gasteiger partial charge in [-0.15, -0.1) is 0 Å². The van der Waals surface area contributed by atoms with Crippen LogP contribution in [0.1, 0.15) is 233 Å². The van der Waals surface area contributed by atoms with Gasteiger partial charge in [-0.05, 0) is 77.0 Å². The first-order valence-corrected chi connectivity index (χ1v) is 23.6. The molecule has 0 spiro atoms. The molecule has 0 amide bonds. The summed E-state index contributed by atoms with van der Waals surface area (Å²) in [5.74, 6) is -0.930. The lowest BCUT2D eigenvalue weighted by Gasteiger charge is -2.18. The summed E-state index contributed by atoms with van der Waals surface area (Å²) < 4.78 is 16.7. The van der Waals surface area contributed by atoms with E-state index in [1.807, 2.05) is 0 Å². The molecule has 0 heterocycles. The van der Waals surface area contributed by atoms with Gasteiger partial charge < -0.3 is 14.2 Å². The van der Waals surface area contributed by atoms with Gasteiger partial charge in [-0.3, -0.25) is 14.4 Å². The van der Waals surface area contributed by atoms with Crippen LogP contribution in [0.15, 0.2) is 48.6 Å². The summed E-state index contributed by atoms with van der Waals surface area (Å²) in [6.45, 7) is 6.44. The van der Waals surface area contributed by atoms with Gasteiger partial charge >= 0.3 is 17.9 Å². The molecule has 1 atom stereocenters. The number of allylic oxidation sites excluding steroid dienone is 8. The molecule has 0 aliphatic rings. The largest absolute Gasteiger partial charge is 0.462 e. The lowest BCUT2D eigenvalue weighted by molar-refractivity contribution is -0.167. The monoisotopic (exact) mass is 785 g/mol. The molecule has 0 radical (unpaired) electrons. The number of rotatable bonds is 42. The van der Waals surface area contributed by atoms with Crippen molar-refractivity contribution in [3.63, 3.8) is 0 Å². The molecule has 0 aromatic heterocycles. The van der Waals surface area contributed by atoms with E-state index >= 15 is 0 Å². The lowest BCUT2D eigenvalue weighted by atomic mass is 10.0. The molecular weight excluding hydrogens is 697 g/mol. The summed E-state index contributed by atoms with van der Waals surface area (Å²) in [5.41, 5.74) is 0. The zero-order valence-electron chi connectivity index (χ0n) is 36.9. The van der Waals surface area contributed by atoms with Gasteiger partial charge in [0, 0.05) is 19.3 Å². The van der Waals surface area contributed by atoms with Crippen LogP contribution in [-0.4, -0.2) is 37.2 Å². The van der Waals surface area contributed by atoms with Crippen molar-refractivity contribution in [3.05, 3.63) is 48.6 Å². The second kappa shape index (κ2) is 45.1. The number of carbonyl (C=O) groups excluding carboxylic acids is 3. The minimum atomic E-state index is -0.784. The zero-order valence-corrected chi connectivity index (χ0v) is 36.9. The fourth-order valence-corrected chi connectivity index (χ4v) is 6.51. The molecular formula is C50H88O6. The third-order valence-electron chi connectivity index (χ3n) is 10.1. The second-order valence-electron chi connectivity index (χ2n) is 15.6. The Balaban J connectivity index is 4.34. The topological polar surface area (TPSA) is 78.9 Å². The number of hydrogen-bond donors (Lipinski definition) is 0. The molecule has 324 valence electrons. The highest BCUT2D eigenvalue weighted by Crippen LogP contribution is 2.14. The van der Waals surface area contributed by atoms with Gasteiger partial charge in [0.25, 0.3) is 0 Å². The highest BCUT2D eigenvalue weighted by Gasteiger charge is 2.19.